The number of thiazole rings is 1. The highest BCUT2D eigenvalue weighted by Crippen LogP contribution is 2.31. The standard InChI is InChI=1S/C21H25N5O2S2/c1-14-4-5-18(10-15(14)2)30(27,28)26-8-6-17(7-9-26)19-11-22-12-20(24-19)25-21-23-16(3)13-29-21/h4-5,10-13,17H,6-9H2,1-3H3,(H,23,24,25). The highest BCUT2D eigenvalue weighted by molar-refractivity contribution is 7.89. The van der Waals surface area contributed by atoms with Crippen LogP contribution < -0.4 is 5.32 Å². The number of hydrogen-bond donors (Lipinski definition) is 1. The van der Waals surface area contributed by atoms with Crippen LogP contribution in [0.15, 0.2) is 40.9 Å². The molecule has 1 aliphatic heterocycles. The van der Waals surface area contributed by atoms with Crippen molar-refractivity contribution in [2.24, 2.45) is 0 Å². The molecule has 2 aromatic heterocycles. The molecule has 3 heterocycles. The Hall–Kier alpha value is -2.36. The highest BCUT2D eigenvalue weighted by atomic mass is 32.2. The van der Waals surface area contributed by atoms with E-state index >= 15 is 0 Å². The molecular formula is C21H25N5O2S2. The first-order valence-electron chi connectivity index (χ1n) is 9.91. The summed E-state index contributed by atoms with van der Waals surface area (Å²) < 4.78 is 27.7. The maximum atomic E-state index is 13.0. The van der Waals surface area contributed by atoms with Gasteiger partial charge in [-0.25, -0.2) is 18.4 Å². The van der Waals surface area contributed by atoms with Gasteiger partial charge in [0.2, 0.25) is 10.0 Å². The molecule has 0 amide bonds. The van der Waals surface area contributed by atoms with E-state index in [1.54, 1.807) is 28.8 Å². The van der Waals surface area contributed by atoms with Gasteiger partial charge in [0.15, 0.2) is 10.9 Å². The van der Waals surface area contributed by atoms with Crippen LogP contribution in [0.4, 0.5) is 10.9 Å². The molecule has 0 bridgehead atoms. The number of aromatic nitrogens is 3. The number of sulfonamides is 1. The van der Waals surface area contributed by atoms with E-state index in [2.05, 4.69) is 15.3 Å². The largest absolute Gasteiger partial charge is 0.315 e. The van der Waals surface area contributed by atoms with E-state index < -0.39 is 10.0 Å². The van der Waals surface area contributed by atoms with E-state index in [1.807, 2.05) is 32.2 Å². The average Bonchev–Trinajstić information content (AvgIpc) is 3.15. The van der Waals surface area contributed by atoms with Crippen molar-refractivity contribution in [1.29, 1.82) is 0 Å². The van der Waals surface area contributed by atoms with Crippen molar-refractivity contribution < 1.29 is 8.42 Å². The van der Waals surface area contributed by atoms with E-state index in [-0.39, 0.29) is 5.92 Å². The summed E-state index contributed by atoms with van der Waals surface area (Å²) >= 11 is 1.53. The Morgan fingerprint density at radius 3 is 2.50 bits per heavy atom. The molecule has 4 rings (SSSR count). The van der Waals surface area contributed by atoms with Crippen LogP contribution in [0, 0.1) is 20.8 Å². The smallest absolute Gasteiger partial charge is 0.243 e. The van der Waals surface area contributed by atoms with Crippen molar-refractivity contribution in [3.05, 3.63) is 58.5 Å². The third-order valence-corrected chi connectivity index (χ3v) is 8.27. The Morgan fingerprint density at radius 2 is 1.83 bits per heavy atom. The summed E-state index contributed by atoms with van der Waals surface area (Å²) in [6.45, 7) is 6.82. The number of piperidine rings is 1. The maximum absolute atomic E-state index is 13.0. The number of benzene rings is 1. The second kappa shape index (κ2) is 8.41. The lowest BCUT2D eigenvalue weighted by Gasteiger charge is -2.31. The summed E-state index contributed by atoms with van der Waals surface area (Å²) in [5.41, 5.74) is 3.93. The van der Waals surface area contributed by atoms with Gasteiger partial charge in [0.05, 0.1) is 22.5 Å². The van der Waals surface area contributed by atoms with Gasteiger partial charge in [0.25, 0.3) is 0 Å². The van der Waals surface area contributed by atoms with Crippen molar-refractivity contribution in [3.8, 4) is 0 Å². The van der Waals surface area contributed by atoms with Gasteiger partial charge in [0.1, 0.15) is 0 Å². The molecule has 0 radical (unpaired) electrons. The zero-order valence-electron chi connectivity index (χ0n) is 17.3. The molecular weight excluding hydrogens is 418 g/mol. The number of rotatable bonds is 5. The maximum Gasteiger partial charge on any atom is 0.243 e. The summed E-state index contributed by atoms with van der Waals surface area (Å²) in [7, 11) is -3.48. The number of hydrogen-bond acceptors (Lipinski definition) is 7. The Labute approximate surface area is 181 Å². The molecule has 1 N–H and O–H groups in total. The lowest BCUT2D eigenvalue weighted by molar-refractivity contribution is 0.316. The molecule has 1 aromatic carbocycles. The lowest BCUT2D eigenvalue weighted by Crippen LogP contribution is -2.38. The van der Waals surface area contributed by atoms with Gasteiger partial charge < -0.3 is 5.32 Å². The fourth-order valence-corrected chi connectivity index (χ4v) is 5.82. The van der Waals surface area contributed by atoms with Crippen LogP contribution in [0.3, 0.4) is 0 Å². The van der Waals surface area contributed by atoms with Crippen LogP contribution in [0.2, 0.25) is 0 Å². The first-order valence-corrected chi connectivity index (χ1v) is 12.2. The molecule has 7 nitrogen and oxygen atoms in total. The Kier molecular flexibility index (Phi) is 5.86. The van der Waals surface area contributed by atoms with Crippen molar-refractivity contribution in [2.45, 2.75) is 44.4 Å². The molecule has 30 heavy (non-hydrogen) atoms. The summed E-state index contributed by atoms with van der Waals surface area (Å²) in [5.74, 6) is 0.843. The van der Waals surface area contributed by atoms with E-state index in [0.717, 1.165) is 40.5 Å². The first-order chi connectivity index (χ1) is 14.3. The predicted molar refractivity (Wildman–Crippen MR) is 119 cm³/mol. The molecule has 3 aromatic rings. The molecule has 158 valence electrons. The van der Waals surface area contributed by atoms with Crippen LogP contribution in [-0.2, 0) is 10.0 Å². The minimum atomic E-state index is -3.48. The third-order valence-electron chi connectivity index (χ3n) is 5.50. The van der Waals surface area contributed by atoms with E-state index in [4.69, 9.17) is 4.98 Å². The van der Waals surface area contributed by atoms with Crippen molar-refractivity contribution in [1.82, 2.24) is 19.3 Å². The van der Waals surface area contributed by atoms with Gasteiger partial charge in [0, 0.05) is 30.6 Å². The minimum absolute atomic E-state index is 0.184. The van der Waals surface area contributed by atoms with E-state index in [1.165, 1.54) is 11.3 Å². The molecule has 0 saturated carbocycles. The minimum Gasteiger partial charge on any atom is -0.315 e. The number of aryl methyl sites for hydroxylation is 3. The van der Waals surface area contributed by atoms with Crippen LogP contribution in [0.5, 0.6) is 0 Å². The van der Waals surface area contributed by atoms with Crippen molar-refractivity contribution in [2.75, 3.05) is 18.4 Å². The molecule has 0 unspecified atom stereocenters. The van der Waals surface area contributed by atoms with Crippen LogP contribution in [0.1, 0.15) is 41.3 Å². The SMILES string of the molecule is Cc1csc(Nc2cncc(C3CCN(S(=O)(=O)c4ccc(C)c(C)c4)CC3)n2)n1. The molecule has 1 saturated heterocycles. The van der Waals surface area contributed by atoms with Gasteiger partial charge in [-0.15, -0.1) is 11.3 Å². The van der Waals surface area contributed by atoms with Gasteiger partial charge in [-0.2, -0.15) is 4.31 Å². The number of nitrogens with zero attached hydrogens (tertiary/aromatic N) is 4. The second-order valence-electron chi connectivity index (χ2n) is 7.67. The van der Waals surface area contributed by atoms with Crippen molar-refractivity contribution >= 4 is 32.3 Å². The summed E-state index contributed by atoms with van der Waals surface area (Å²) in [6.07, 6.45) is 4.90. The van der Waals surface area contributed by atoms with Crippen LogP contribution in [-0.4, -0.2) is 40.8 Å². The molecule has 0 aliphatic carbocycles. The van der Waals surface area contributed by atoms with Gasteiger partial charge >= 0.3 is 0 Å². The molecule has 0 spiro atoms. The van der Waals surface area contributed by atoms with Gasteiger partial charge in [-0.1, -0.05) is 6.07 Å². The van der Waals surface area contributed by atoms with Gasteiger partial charge in [-0.05, 0) is 56.9 Å². The fraction of sp³-hybridized carbons (Fsp3) is 0.381. The predicted octanol–water partition coefficient (Wildman–Crippen LogP) is 4.17. The quantitative estimate of drug-likeness (QED) is 0.637. The molecule has 0 atom stereocenters. The molecule has 9 heteroatoms. The molecule has 1 fully saturated rings. The van der Waals surface area contributed by atoms with Crippen molar-refractivity contribution in [3.63, 3.8) is 0 Å². The second-order valence-corrected chi connectivity index (χ2v) is 10.5. The fourth-order valence-electron chi connectivity index (χ4n) is 3.57. The Bertz CT molecular complexity index is 1150. The van der Waals surface area contributed by atoms with E-state index in [9.17, 15) is 8.42 Å². The van der Waals surface area contributed by atoms with E-state index in [0.29, 0.717) is 23.8 Å². The monoisotopic (exact) mass is 443 g/mol. The lowest BCUT2D eigenvalue weighted by atomic mass is 9.95. The zero-order valence-corrected chi connectivity index (χ0v) is 18.9. The molecule has 1 aliphatic rings. The van der Waals surface area contributed by atoms with Crippen LogP contribution in [0.25, 0.3) is 0 Å². The third kappa shape index (κ3) is 4.38. The summed E-state index contributed by atoms with van der Waals surface area (Å²) in [6, 6.07) is 5.33. The van der Waals surface area contributed by atoms with Gasteiger partial charge in [-0.3, -0.25) is 4.98 Å². The highest BCUT2D eigenvalue weighted by Gasteiger charge is 2.30. The summed E-state index contributed by atoms with van der Waals surface area (Å²) in [4.78, 5) is 13.8. The van der Waals surface area contributed by atoms with Crippen LogP contribution >= 0.6 is 11.3 Å². The zero-order chi connectivity index (χ0) is 21.3. The Morgan fingerprint density at radius 1 is 1.07 bits per heavy atom. The Balaban J connectivity index is 1.44. The topological polar surface area (TPSA) is 88.1 Å². The average molecular weight is 444 g/mol. The first kappa shape index (κ1) is 20.9. The normalized spacial score (nSPS) is 16.0. The number of nitrogens with one attached hydrogen (secondary N) is 1. The number of anilines is 2. The summed E-state index contributed by atoms with van der Waals surface area (Å²) in [5, 5.41) is 5.96.